The van der Waals surface area contributed by atoms with Gasteiger partial charge >= 0.3 is 0 Å². The van der Waals surface area contributed by atoms with Crippen LogP contribution in [0.25, 0.3) is 5.69 Å². The van der Waals surface area contributed by atoms with Gasteiger partial charge < -0.3 is 9.84 Å². The lowest BCUT2D eigenvalue weighted by molar-refractivity contribution is 0.268. The molecule has 0 radical (unpaired) electrons. The van der Waals surface area contributed by atoms with Gasteiger partial charge in [-0.2, -0.15) is 5.10 Å². The number of rotatable bonds is 3. The Labute approximate surface area is 101 Å². The number of aromatic amines is 1. The van der Waals surface area contributed by atoms with Crippen LogP contribution in [0.3, 0.4) is 0 Å². The van der Waals surface area contributed by atoms with Gasteiger partial charge in [0.25, 0.3) is 0 Å². The topological polar surface area (TPSA) is 63.1 Å². The highest BCUT2D eigenvalue weighted by Gasteiger charge is 2.10. The molecular weight excluding hydrogens is 245 g/mol. The average Bonchev–Trinajstić information content (AvgIpc) is 2.71. The lowest BCUT2D eigenvalue weighted by Crippen LogP contribution is -2.02. The van der Waals surface area contributed by atoms with Crippen molar-refractivity contribution in [2.75, 3.05) is 7.11 Å². The molecule has 0 fully saturated rings. The zero-order chi connectivity index (χ0) is 12.4. The van der Waals surface area contributed by atoms with Crippen LogP contribution in [0.15, 0.2) is 18.2 Å². The Morgan fingerprint density at radius 1 is 1.59 bits per heavy atom. The van der Waals surface area contributed by atoms with E-state index in [1.807, 2.05) is 0 Å². The first-order chi connectivity index (χ1) is 8.17. The van der Waals surface area contributed by atoms with E-state index in [1.54, 1.807) is 0 Å². The predicted molar refractivity (Wildman–Crippen MR) is 61.2 cm³/mol. The summed E-state index contributed by atoms with van der Waals surface area (Å²) in [7, 11) is 1.38. The van der Waals surface area contributed by atoms with Crippen LogP contribution < -0.4 is 4.74 Å². The largest absolute Gasteiger partial charge is 0.494 e. The SMILES string of the molecule is COc1cc(-n2c(CO)n[nH]c2=S)ccc1F. The third-order valence-electron chi connectivity index (χ3n) is 2.28. The molecule has 7 heteroatoms. The number of aromatic nitrogens is 3. The van der Waals surface area contributed by atoms with E-state index in [-0.39, 0.29) is 12.4 Å². The molecule has 1 heterocycles. The molecule has 0 aliphatic carbocycles. The Morgan fingerprint density at radius 3 is 3.00 bits per heavy atom. The normalized spacial score (nSPS) is 10.5. The van der Waals surface area contributed by atoms with Gasteiger partial charge in [0.15, 0.2) is 22.2 Å². The molecule has 2 N–H and O–H groups in total. The molecule has 0 saturated carbocycles. The molecule has 0 amide bonds. The second-order valence-electron chi connectivity index (χ2n) is 3.26. The van der Waals surface area contributed by atoms with Crippen molar-refractivity contribution in [2.45, 2.75) is 6.61 Å². The van der Waals surface area contributed by atoms with Crippen LogP contribution in [0, 0.1) is 10.6 Å². The van der Waals surface area contributed by atoms with Gasteiger partial charge in [-0.25, -0.2) is 4.39 Å². The first kappa shape index (κ1) is 11.7. The Bertz CT molecular complexity index is 593. The Morgan fingerprint density at radius 2 is 2.35 bits per heavy atom. The van der Waals surface area contributed by atoms with Gasteiger partial charge in [0.2, 0.25) is 0 Å². The summed E-state index contributed by atoms with van der Waals surface area (Å²) in [5, 5.41) is 15.5. The van der Waals surface area contributed by atoms with Crippen LogP contribution in [0.1, 0.15) is 5.82 Å². The number of H-pyrrole nitrogens is 1. The lowest BCUT2D eigenvalue weighted by Gasteiger charge is -2.07. The first-order valence-corrected chi connectivity index (χ1v) is 5.19. The van der Waals surface area contributed by atoms with E-state index in [0.717, 1.165) is 0 Å². The smallest absolute Gasteiger partial charge is 0.199 e. The molecule has 1 aromatic heterocycles. The molecule has 0 saturated heterocycles. The van der Waals surface area contributed by atoms with E-state index in [4.69, 9.17) is 22.1 Å². The standard InChI is InChI=1S/C10H10FN3O2S/c1-16-8-4-6(2-3-7(8)11)14-9(5-15)12-13-10(14)17/h2-4,15H,5H2,1H3,(H,13,17). The van der Waals surface area contributed by atoms with Gasteiger partial charge in [-0.05, 0) is 24.4 Å². The van der Waals surface area contributed by atoms with E-state index in [2.05, 4.69) is 10.2 Å². The number of methoxy groups -OCH3 is 1. The molecule has 2 aromatic rings. The number of halogens is 1. The number of hydrogen-bond acceptors (Lipinski definition) is 4. The maximum atomic E-state index is 13.3. The van der Waals surface area contributed by atoms with E-state index < -0.39 is 5.82 Å². The summed E-state index contributed by atoms with van der Waals surface area (Å²) in [5.41, 5.74) is 0.575. The van der Waals surface area contributed by atoms with E-state index in [0.29, 0.717) is 16.3 Å². The second-order valence-corrected chi connectivity index (χ2v) is 3.64. The highest BCUT2D eigenvalue weighted by molar-refractivity contribution is 7.71. The van der Waals surface area contributed by atoms with Gasteiger partial charge in [-0.15, -0.1) is 0 Å². The molecule has 0 aliphatic rings. The Balaban J connectivity index is 2.60. The summed E-state index contributed by atoms with van der Waals surface area (Å²) in [6.45, 7) is -0.271. The monoisotopic (exact) mass is 255 g/mol. The number of nitrogens with one attached hydrogen (secondary N) is 1. The van der Waals surface area contributed by atoms with Gasteiger partial charge in [0.1, 0.15) is 6.61 Å². The van der Waals surface area contributed by atoms with Crippen molar-refractivity contribution in [3.8, 4) is 11.4 Å². The lowest BCUT2D eigenvalue weighted by atomic mass is 10.3. The van der Waals surface area contributed by atoms with Crippen molar-refractivity contribution < 1.29 is 14.2 Å². The summed E-state index contributed by atoms with van der Waals surface area (Å²) in [6.07, 6.45) is 0. The number of aliphatic hydroxyl groups excluding tert-OH is 1. The molecule has 0 atom stereocenters. The Kier molecular flexibility index (Phi) is 3.21. The fourth-order valence-corrected chi connectivity index (χ4v) is 1.75. The average molecular weight is 255 g/mol. The van der Waals surface area contributed by atoms with Crippen LogP contribution in [-0.2, 0) is 6.61 Å². The molecule has 1 aromatic carbocycles. The molecular formula is C10H10FN3O2S. The van der Waals surface area contributed by atoms with Crippen molar-refractivity contribution in [3.63, 3.8) is 0 Å². The maximum absolute atomic E-state index is 13.3. The van der Waals surface area contributed by atoms with Crippen molar-refractivity contribution in [2.24, 2.45) is 0 Å². The van der Waals surface area contributed by atoms with E-state index in [9.17, 15) is 4.39 Å². The number of nitrogens with zero attached hydrogens (tertiary/aromatic N) is 2. The van der Waals surface area contributed by atoms with Crippen molar-refractivity contribution >= 4 is 12.2 Å². The highest BCUT2D eigenvalue weighted by Crippen LogP contribution is 2.21. The van der Waals surface area contributed by atoms with E-state index >= 15 is 0 Å². The minimum Gasteiger partial charge on any atom is -0.494 e. The van der Waals surface area contributed by atoms with Crippen molar-refractivity contribution in [1.29, 1.82) is 0 Å². The molecule has 0 bridgehead atoms. The highest BCUT2D eigenvalue weighted by atomic mass is 32.1. The summed E-state index contributed by atoms with van der Waals surface area (Å²) in [5.74, 6) is -0.00466. The minimum absolute atomic E-state index is 0.106. The van der Waals surface area contributed by atoms with Gasteiger partial charge in [-0.3, -0.25) is 9.67 Å². The van der Waals surface area contributed by atoms with Crippen LogP contribution >= 0.6 is 12.2 Å². The predicted octanol–water partition coefficient (Wildman–Crippen LogP) is 1.57. The molecule has 0 unspecified atom stereocenters. The third kappa shape index (κ3) is 2.06. The summed E-state index contributed by atoms with van der Waals surface area (Å²) in [6, 6.07) is 4.28. The fourth-order valence-electron chi connectivity index (χ4n) is 1.49. The molecule has 90 valence electrons. The molecule has 0 spiro atoms. The zero-order valence-electron chi connectivity index (χ0n) is 8.98. The van der Waals surface area contributed by atoms with E-state index in [1.165, 1.54) is 29.9 Å². The van der Waals surface area contributed by atoms with Crippen molar-refractivity contribution in [3.05, 3.63) is 34.6 Å². The Hall–Kier alpha value is -1.73. The summed E-state index contributed by atoms with van der Waals surface area (Å²) >= 11 is 5.03. The minimum atomic E-state index is -0.461. The van der Waals surface area contributed by atoms with Gasteiger partial charge in [0, 0.05) is 6.07 Å². The quantitative estimate of drug-likeness (QED) is 0.817. The maximum Gasteiger partial charge on any atom is 0.199 e. The molecule has 5 nitrogen and oxygen atoms in total. The number of benzene rings is 1. The molecule has 17 heavy (non-hydrogen) atoms. The zero-order valence-corrected chi connectivity index (χ0v) is 9.79. The van der Waals surface area contributed by atoms with Crippen LogP contribution in [0.5, 0.6) is 5.75 Å². The van der Waals surface area contributed by atoms with Crippen LogP contribution in [-0.4, -0.2) is 27.0 Å². The summed E-state index contributed by atoms with van der Waals surface area (Å²) in [4.78, 5) is 0. The van der Waals surface area contributed by atoms with Crippen LogP contribution in [0.2, 0.25) is 0 Å². The summed E-state index contributed by atoms with van der Waals surface area (Å²) < 4.78 is 20.0. The van der Waals surface area contributed by atoms with Gasteiger partial charge in [-0.1, -0.05) is 0 Å². The third-order valence-corrected chi connectivity index (χ3v) is 2.55. The number of hydrogen-bond donors (Lipinski definition) is 2. The number of aliphatic hydroxyl groups is 1. The van der Waals surface area contributed by atoms with Gasteiger partial charge in [0.05, 0.1) is 12.8 Å². The molecule has 2 rings (SSSR count). The van der Waals surface area contributed by atoms with Crippen LogP contribution in [0.4, 0.5) is 4.39 Å². The molecule has 0 aliphatic heterocycles. The first-order valence-electron chi connectivity index (χ1n) is 4.78. The fraction of sp³-hybridized carbons (Fsp3) is 0.200. The van der Waals surface area contributed by atoms with Crippen molar-refractivity contribution in [1.82, 2.24) is 14.8 Å². The number of ether oxygens (including phenoxy) is 1. The second kappa shape index (κ2) is 4.64.